The molecule has 2 aromatic rings. The molecule has 0 aliphatic rings. The molecule has 0 radical (unpaired) electrons. The lowest BCUT2D eigenvalue weighted by atomic mass is 10.1. The maximum absolute atomic E-state index is 12.6. The van der Waals surface area contributed by atoms with Crippen molar-refractivity contribution in [1.82, 2.24) is 4.72 Å². The third kappa shape index (κ3) is 4.81. The molecule has 23 heavy (non-hydrogen) atoms. The first-order valence-corrected chi connectivity index (χ1v) is 9.11. The Morgan fingerprint density at radius 3 is 2.48 bits per heavy atom. The molecule has 1 N–H and O–H groups in total. The van der Waals surface area contributed by atoms with Crippen molar-refractivity contribution in [2.45, 2.75) is 37.6 Å². The highest BCUT2D eigenvalue weighted by Gasteiger charge is 2.21. The number of hydrogen-bond donors (Lipinski definition) is 1. The number of sulfonamides is 1. The number of methoxy groups -OCH3 is 1. The van der Waals surface area contributed by atoms with E-state index >= 15 is 0 Å². The van der Waals surface area contributed by atoms with Gasteiger partial charge < -0.3 is 4.74 Å². The summed E-state index contributed by atoms with van der Waals surface area (Å²) < 4.78 is 33.1. The van der Waals surface area contributed by atoms with Gasteiger partial charge in [0.25, 0.3) is 0 Å². The number of hydrogen-bond acceptors (Lipinski definition) is 3. The lowest BCUT2D eigenvalue weighted by molar-refractivity contribution is 0.401. The molecule has 4 nitrogen and oxygen atoms in total. The van der Waals surface area contributed by atoms with Crippen molar-refractivity contribution < 1.29 is 13.2 Å². The molecule has 0 aliphatic carbocycles. The summed E-state index contributed by atoms with van der Waals surface area (Å²) in [5, 5.41) is 0. The Labute approximate surface area is 138 Å². The third-order valence-corrected chi connectivity index (χ3v) is 5.28. The molecule has 0 aromatic heterocycles. The average molecular weight is 333 g/mol. The molecule has 0 unspecified atom stereocenters. The van der Waals surface area contributed by atoms with E-state index in [9.17, 15) is 8.42 Å². The fourth-order valence-corrected chi connectivity index (χ4v) is 3.94. The van der Waals surface area contributed by atoms with Gasteiger partial charge >= 0.3 is 0 Å². The fraction of sp³-hybridized carbons (Fsp3) is 0.333. The molecular formula is C18H23NO3S. The van der Waals surface area contributed by atoms with Crippen LogP contribution in [-0.4, -0.2) is 21.6 Å². The van der Waals surface area contributed by atoms with Gasteiger partial charge in [-0.15, -0.1) is 0 Å². The van der Waals surface area contributed by atoms with Gasteiger partial charge in [0.1, 0.15) is 10.6 Å². The topological polar surface area (TPSA) is 55.4 Å². The van der Waals surface area contributed by atoms with Crippen LogP contribution in [0.4, 0.5) is 0 Å². The number of rotatable bonds is 7. The zero-order valence-electron chi connectivity index (χ0n) is 13.7. The van der Waals surface area contributed by atoms with Gasteiger partial charge in [-0.1, -0.05) is 36.4 Å². The van der Waals surface area contributed by atoms with Crippen molar-refractivity contribution >= 4 is 10.0 Å². The summed E-state index contributed by atoms with van der Waals surface area (Å²) >= 11 is 0. The highest BCUT2D eigenvalue weighted by molar-refractivity contribution is 7.89. The van der Waals surface area contributed by atoms with E-state index in [2.05, 4.69) is 4.72 Å². The summed E-state index contributed by atoms with van der Waals surface area (Å²) in [4.78, 5) is 0.187. The Morgan fingerprint density at radius 1 is 1.13 bits per heavy atom. The van der Waals surface area contributed by atoms with Crippen LogP contribution in [0.3, 0.4) is 0 Å². The molecule has 0 saturated carbocycles. The lowest BCUT2D eigenvalue weighted by Crippen LogP contribution is -2.33. The van der Waals surface area contributed by atoms with E-state index in [0.29, 0.717) is 5.75 Å². The molecule has 1 atom stereocenters. The quantitative estimate of drug-likeness (QED) is 0.846. The van der Waals surface area contributed by atoms with Crippen LogP contribution < -0.4 is 9.46 Å². The molecule has 2 rings (SSSR count). The summed E-state index contributed by atoms with van der Waals surface area (Å²) in [6.45, 7) is 3.74. The van der Waals surface area contributed by atoms with Gasteiger partial charge in [-0.2, -0.15) is 0 Å². The zero-order valence-corrected chi connectivity index (χ0v) is 14.6. The van der Waals surface area contributed by atoms with Gasteiger partial charge in [-0.05, 0) is 49.9 Å². The molecule has 5 heteroatoms. The van der Waals surface area contributed by atoms with Gasteiger partial charge in [0.2, 0.25) is 10.0 Å². The Kier molecular flexibility index (Phi) is 5.80. The number of ether oxygens (including phenoxy) is 1. The van der Waals surface area contributed by atoms with E-state index in [-0.39, 0.29) is 10.9 Å². The molecule has 2 aromatic carbocycles. The molecular weight excluding hydrogens is 310 g/mol. The van der Waals surface area contributed by atoms with Gasteiger partial charge in [0.05, 0.1) is 7.11 Å². The van der Waals surface area contributed by atoms with Crippen LogP contribution in [0.1, 0.15) is 24.5 Å². The first kappa shape index (κ1) is 17.5. The van der Waals surface area contributed by atoms with E-state index in [1.54, 1.807) is 12.1 Å². The van der Waals surface area contributed by atoms with E-state index in [1.165, 1.54) is 12.7 Å². The van der Waals surface area contributed by atoms with Crippen LogP contribution >= 0.6 is 0 Å². The van der Waals surface area contributed by atoms with Crippen LogP contribution in [-0.2, 0) is 16.4 Å². The SMILES string of the molecule is COc1ccc(C)cc1S(=O)(=O)N[C@H](C)CCc1ccccc1. The molecule has 0 fully saturated rings. The Hall–Kier alpha value is -1.85. The number of nitrogens with one attached hydrogen (secondary N) is 1. The van der Waals surface area contributed by atoms with Gasteiger partial charge in [0, 0.05) is 6.04 Å². The fourth-order valence-electron chi connectivity index (χ4n) is 2.41. The van der Waals surface area contributed by atoms with Crippen molar-refractivity contribution in [2.75, 3.05) is 7.11 Å². The van der Waals surface area contributed by atoms with E-state index in [1.807, 2.05) is 50.2 Å². The molecule has 0 saturated heterocycles. The summed E-state index contributed by atoms with van der Waals surface area (Å²) in [7, 11) is -2.13. The monoisotopic (exact) mass is 333 g/mol. The minimum Gasteiger partial charge on any atom is -0.495 e. The van der Waals surface area contributed by atoms with E-state index in [4.69, 9.17) is 4.74 Å². The molecule has 0 aliphatic heterocycles. The van der Waals surface area contributed by atoms with Crippen molar-refractivity contribution in [3.8, 4) is 5.75 Å². The van der Waals surface area contributed by atoms with Crippen LogP contribution in [0, 0.1) is 6.92 Å². The highest BCUT2D eigenvalue weighted by atomic mass is 32.2. The summed E-state index contributed by atoms with van der Waals surface area (Å²) in [6.07, 6.45) is 1.56. The highest BCUT2D eigenvalue weighted by Crippen LogP contribution is 2.25. The lowest BCUT2D eigenvalue weighted by Gasteiger charge is -2.16. The summed E-state index contributed by atoms with van der Waals surface area (Å²) in [5.74, 6) is 0.360. The number of aryl methyl sites for hydroxylation is 2. The minimum absolute atomic E-state index is 0.162. The Morgan fingerprint density at radius 2 is 1.83 bits per heavy atom. The molecule has 0 amide bonds. The van der Waals surface area contributed by atoms with Crippen molar-refractivity contribution in [2.24, 2.45) is 0 Å². The second-order valence-electron chi connectivity index (χ2n) is 5.70. The maximum atomic E-state index is 12.6. The molecule has 0 heterocycles. The molecule has 124 valence electrons. The van der Waals surface area contributed by atoms with Crippen molar-refractivity contribution in [3.63, 3.8) is 0 Å². The Balaban J connectivity index is 2.07. The summed E-state index contributed by atoms with van der Waals surface area (Å²) in [5.41, 5.74) is 2.08. The third-order valence-electron chi connectivity index (χ3n) is 3.67. The molecule has 0 bridgehead atoms. The summed E-state index contributed by atoms with van der Waals surface area (Å²) in [6, 6.07) is 15.0. The first-order chi connectivity index (χ1) is 10.9. The number of benzene rings is 2. The van der Waals surface area contributed by atoms with Crippen molar-refractivity contribution in [3.05, 3.63) is 59.7 Å². The van der Waals surface area contributed by atoms with Gasteiger partial charge in [-0.3, -0.25) is 0 Å². The largest absolute Gasteiger partial charge is 0.495 e. The maximum Gasteiger partial charge on any atom is 0.244 e. The van der Waals surface area contributed by atoms with Gasteiger partial charge in [0.15, 0.2) is 0 Å². The smallest absolute Gasteiger partial charge is 0.244 e. The van der Waals surface area contributed by atoms with Crippen LogP contribution in [0.15, 0.2) is 53.4 Å². The standard InChI is InChI=1S/C18H23NO3S/c1-14-9-12-17(22-3)18(13-14)23(20,21)19-15(2)10-11-16-7-5-4-6-8-16/h4-9,12-13,15,19H,10-11H2,1-3H3/t15-/m1/s1. The van der Waals surface area contributed by atoms with Gasteiger partial charge in [-0.25, -0.2) is 13.1 Å². The van der Waals surface area contributed by atoms with Crippen molar-refractivity contribution in [1.29, 1.82) is 0 Å². The van der Waals surface area contributed by atoms with Crippen LogP contribution in [0.25, 0.3) is 0 Å². The zero-order chi connectivity index (χ0) is 16.9. The van der Waals surface area contributed by atoms with E-state index < -0.39 is 10.0 Å². The van der Waals surface area contributed by atoms with Crippen LogP contribution in [0.5, 0.6) is 5.75 Å². The molecule has 0 spiro atoms. The second-order valence-corrected chi connectivity index (χ2v) is 7.38. The predicted octanol–water partition coefficient (Wildman–Crippen LogP) is 3.30. The minimum atomic E-state index is -3.60. The predicted molar refractivity (Wildman–Crippen MR) is 92.3 cm³/mol. The first-order valence-electron chi connectivity index (χ1n) is 7.63. The normalized spacial score (nSPS) is 12.8. The second kappa shape index (κ2) is 7.62. The Bertz CT molecular complexity index is 742. The average Bonchev–Trinajstić information content (AvgIpc) is 2.53. The van der Waals surface area contributed by atoms with Crippen LogP contribution in [0.2, 0.25) is 0 Å². The van der Waals surface area contributed by atoms with E-state index in [0.717, 1.165) is 18.4 Å².